The number of fused-ring (bicyclic) bond motifs is 1. The lowest BCUT2D eigenvalue weighted by Crippen LogP contribution is -1.99. The Labute approximate surface area is 197 Å². The highest BCUT2D eigenvalue weighted by atomic mass is 35.5. The van der Waals surface area contributed by atoms with Gasteiger partial charge in [0.15, 0.2) is 5.65 Å². The van der Waals surface area contributed by atoms with Crippen LogP contribution in [0.3, 0.4) is 0 Å². The number of nitrogens with zero attached hydrogens (tertiary/aromatic N) is 6. The van der Waals surface area contributed by atoms with Gasteiger partial charge in [0, 0.05) is 36.2 Å². The average Bonchev–Trinajstić information content (AvgIpc) is 3.25. The van der Waals surface area contributed by atoms with Crippen LogP contribution < -0.4 is 0 Å². The first kappa shape index (κ1) is 23.2. The lowest BCUT2D eigenvalue weighted by atomic mass is 10.1. The van der Waals surface area contributed by atoms with E-state index in [0.29, 0.717) is 27.4 Å². The minimum absolute atomic E-state index is 0.333. The van der Waals surface area contributed by atoms with Crippen molar-refractivity contribution in [3.8, 4) is 11.3 Å². The largest absolute Gasteiger partial charge is 0.381 e. The standard InChI is InChI=1S/C14H10ClFN4.C6H8N2.C4H8O/c1-7-8(2)20-14-13(19-7)12(17-6-18-14)10-4-3-9(15)5-11(10)16;1-4-7-8(5-1)6-2-3-6;1-2-4-5-3-1/h3-6H,1-2H3;1,4-6H,2-3H2;1-4H2. The van der Waals surface area contributed by atoms with Crippen molar-refractivity contribution in [1.29, 1.82) is 0 Å². The predicted octanol–water partition coefficient (Wildman–Crippen LogP) is 5.51. The Morgan fingerprint density at radius 1 is 1.06 bits per heavy atom. The quantitative estimate of drug-likeness (QED) is 0.386. The van der Waals surface area contributed by atoms with Crippen LogP contribution >= 0.6 is 11.6 Å². The molecule has 2 fully saturated rings. The fourth-order valence-corrected chi connectivity index (χ4v) is 3.43. The summed E-state index contributed by atoms with van der Waals surface area (Å²) in [6.45, 7) is 5.70. The smallest absolute Gasteiger partial charge is 0.182 e. The second-order valence-electron chi connectivity index (χ2n) is 7.95. The fraction of sp³-hybridized carbons (Fsp3) is 0.375. The zero-order valence-corrected chi connectivity index (χ0v) is 19.5. The number of aromatic nitrogens is 6. The van der Waals surface area contributed by atoms with E-state index in [-0.39, 0.29) is 0 Å². The molecule has 7 nitrogen and oxygen atoms in total. The Morgan fingerprint density at radius 3 is 2.42 bits per heavy atom. The molecular formula is C24H26ClFN6O. The molecule has 0 amide bonds. The van der Waals surface area contributed by atoms with Crippen LogP contribution in [0.4, 0.5) is 4.39 Å². The Hall–Kier alpha value is -2.97. The van der Waals surface area contributed by atoms with Crippen molar-refractivity contribution in [2.75, 3.05) is 13.2 Å². The van der Waals surface area contributed by atoms with Crippen LogP contribution in [-0.2, 0) is 4.74 Å². The van der Waals surface area contributed by atoms with Gasteiger partial charge < -0.3 is 4.74 Å². The molecule has 0 bridgehead atoms. The van der Waals surface area contributed by atoms with E-state index < -0.39 is 5.82 Å². The summed E-state index contributed by atoms with van der Waals surface area (Å²) in [5, 5.41) is 4.43. The van der Waals surface area contributed by atoms with Gasteiger partial charge in [-0.3, -0.25) is 4.68 Å². The number of hydrogen-bond acceptors (Lipinski definition) is 6. The maximum absolute atomic E-state index is 14.1. The van der Waals surface area contributed by atoms with E-state index in [1.54, 1.807) is 12.1 Å². The van der Waals surface area contributed by atoms with Crippen LogP contribution in [0, 0.1) is 19.7 Å². The van der Waals surface area contributed by atoms with Crippen molar-refractivity contribution in [3.05, 3.63) is 65.2 Å². The summed E-state index contributed by atoms with van der Waals surface area (Å²) in [6, 6.07) is 7.15. The second kappa shape index (κ2) is 10.8. The minimum Gasteiger partial charge on any atom is -0.381 e. The number of benzene rings is 1. The van der Waals surface area contributed by atoms with E-state index in [2.05, 4.69) is 25.0 Å². The van der Waals surface area contributed by atoms with E-state index in [1.807, 2.05) is 37.0 Å². The van der Waals surface area contributed by atoms with E-state index in [0.717, 1.165) is 30.6 Å². The topological polar surface area (TPSA) is 78.6 Å². The Balaban J connectivity index is 0.000000161. The molecule has 2 aliphatic rings. The number of aryl methyl sites for hydroxylation is 2. The van der Waals surface area contributed by atoms with Crippen LogP contribution in [0.2, 0.25) is 5.02 Å². The third kappa shape index (κ3) is 6.09. The van der Waals surface area contributed by atoms with Crippen LogP contribution in [0.25, 0.3) is 22.4 Å². The van der Waals surface area contributed by atoms with Crippen LogP contribution in [-0.4, -0.2) is 42.9 Å². The summed E-state index contributed by atoms with van der Waals surface area (Å²) >= 11 is 5.77. The molecular weight excluding hydrogens is 443 g/mol. The molecule has 1 aliphatic heterocycles. The van der Waals surface area contributed by atoms with Gasteiger partial charge >= 0.3 is 0 Å². The maximum atomic E-state index is 14.1. The summed E-state index contributed by atoms with van der Waals surface area (Å²) in [7, 11) is 0. The lowest BCUT2D eigenvalue weighted by Gasteiger charge is -2.07. The van der Waals surface area contributed by atoms with Crippen LogP contribution in [0.1, 0.15) is 43.1 Å². The molecule has 33 heavy (non-hydrogen) atoms. The van der Waals surface area contributed by atoms with Crippen molar-refractivity contribution < 1.29 is 9.13 Å². The Bertz CT molecular complexity index is 1200. The molecule has 3 aromatic heterocycles. The summed E-state index contributed by atoms with van der Waals surface area (Å²) in [5.74, 6) is -0.447. The van der Waals surface area contributed by atoms with Crippen molar-refractivity contribution in [3.63, 3.8) is 0 Å². The maximum Gasteiger partial charge on any atom is 0.182 e. The van der Waals surface area contributed by atoms with E-state index in [4.69, 9.17) is 16.3 Å². The number of rotatable bonds is 2. The second-order valence-corrected chi connectivity index (χ2v) is 8.39. The molecule has 4 aromatic rings. The van der Waals surface area contributed by atoms with Gasteiger partial charge in [0.25, 0.3) is 0 Å². The SMILES string of the molecule is C1CCOC1.Cc1nc2ncnc(-c3ccc(Cl)cc3F)c2nc1C.c1cnn(C2CC2)c1. The van der Waals surface area contributed by atoms with E-state index in [1.165, 1.54) is 38.1 Å². The molecule has 172 valence electrons. The Kier molecular flexibility index (Phi) is 7.57. The molecule has 1 saturated heterocycles. The van der Waals surface area contributed by atoms with E-state index >= 15 is 0 Å². The molecule has 0 unspecified atom stereocenters. The lowest BCUT2D eigenvalue weighted by molar-refractivity contribution is 0.198. The van der Waals surface area contributed by atoms with Gasteiger partial charge in [0.2, 0.25) is 0 Å². The molecule has 0 N–H and O–H groups in total. The summed E-state index contributed by atoms with van der Waals surface area (Å²) in [4.78, 5) is 17.0. The molecule has 1 aromatic carbocycles. The first-order valence-electron chi connectivity index (χ1n) is 11.0. The van der Waals surface area contributed by atoms with Crippen LogP contribution in [0.15, 0.2) is 43.0 Å². The predicted molar refractivity (Wildman–Crippen MR) is 126 cm³/mol. The fourth-order valence-electron chi connectivity index (χ4n) is 3.27. The summed E-state index contributed by atoms with van der Waals surface area (Å²) in [5.41, 5.74) is 3.24. The average molecular weight is 469 g/mol. The molecule has 0 atom stereocenters. The minimum atomic E-state index is -0.447. The molecule has 1 aliphatic carbocycles. The third-order valence-corrected chi connectivity index (χ3v) is 5.57. The molecule has 9 heteroatoms. The number of hydrogen-bond donors (Lipinski definition) is 0. The number of halogens is 2. The van der Waals surface area contributed by atoms with Gasteiger partial charge in [-0.15, -0.1) is 0 Å². The molecule has 6 rings (SSSR count). The zero-order valence-electron chi connectivity index (χ0n) is 18.7. The highest BCUT2D eigenvalue weighted by molar-refractivity contribution is 6.30. The summed E-state index contributed by atoms with van der Waals surface area (Å²) < 4.78 is 21.0. The molecule has 4 heterocycles. The van der Waals surface area contributed by atoms with Gasteiger partial charge in [0.1, 0.15) is 23.4 Å². The van der Waals surface area contributed by atoms with Gasteiger partial charge in [-0.05, 0) is 63.8 Å². The van der Waals surface area contributed by atoms with Gasteiger partial charge in [-0.1, -0.05) is 11.6 Å². The molecule has 0 spiro atoms. The zero-order chi connectivity index (χ0) is 23.2. The summed E-state index contributed by atoms with van der Waals surface area (Å²) in [6.07, 6.45) is 10.4. The monoisotopic (exact) mass is 468 g/mol. The van der Waals surface area contributed by atoms with Crippen molar-refractivity contribution in [2.45, 2.75) is 45.6 Å². The highest BCUT2D eigenvalue weighted by Crippen LogP contribution is 2.33. The normalized spacial score (nSPS) is 14.9. The van der Waals surface area contributed by atoms with Crippen LogP contribution in [0.5, 0.6) is 0 Å². The van der Waals surface area contributed by atoms with Crippen molar-refractivity contribution >= 4 is 22.8 Å². The van der Waals surface area contributed by atoms with Crippen molar-refractivity contribution in [2.24, 2.45) is 0 Å². The highest BCUT2D eigenvalue weighted by Gasteiger charge is 2.23. The van der Waals surface area contributed by atoms with Gasteiger partial charge in [-0.2, -0.15) is 5.10 Å². The van der Waals surface area contributed by atoms with E-state index in [9.17, 15) is 4.39 Å². The first-order chi connectivity index (χ1) is 16.0. The molecule has 1 saturated carbocycles. The third-order valence-electron chi connectivity index (χ3n) is 5.34. The Morgan fingerprint density at radius 2 is 1.82 bits per heavy atom. The first-order valence-corrected chi connectivity index (χ1v) is 11.4. The molecule has 0 radical (unpaired) electrons. The number of ether oxygens (including phenoxy) is 1. The van der Waals surface area contributed by atoms with Gasteiger partial charge in [-0.25, -0.2) is 24.3 Å². The van der Waals surface area contributed by atoms with Crippen molar-refractivity contribution in [1.82, 2.24) is 29.7 Å². The van der Waals surface area contributed by atoms with Gasteiger partial charge in [0.05, 0.1) is 17.4 Å².